The molecule has 0 saturated carbocycles. The third-order valence-corrected chi connectivity index (χ3v) is 5.91. The van der Waals surface area contributed by atoms with Gasteiger partial charge in [0.1, 0.15) is 18.2 Å². The van der Waals surface area contributed by atoms with E-state index in [2.05, 4.69) is 37.6 Å². The van der Waals surface area contributed by atoms with Gasteiger partial charge in [0, 0.05) is 30.4 Å². The summed E-state index contributed by atoms with van der Waals surface area (Å²) in [5, 5.41) is 20.4. The van der Waals surface area contributed by atoms with Crippen LogP contribution in [0.1, 0.15) is 25.1 Å². The van der Waals surface area contributed by atoms with Crippen molar-refractivity contribution in [2.24, 2.45) is 5.41 Å². The molecular formula is C26H25F2N7O2. The molecule has 2 N–H and O–H groups in total. The molecule has 0 atom stereocenters. The lowest BCUT2D eigenvalue weighted by Gasteiger charge is -2.18. The minimum absolute atomic E-state index is 0.0968. The van der Waals surface area contributed by atoms with Crippen molar-refractivity contribution in [2.75, 3.05) is 18.5 Å². The number of alkyl halides is 2. The Labute approximate surface area is 212 Å². The first-order valence-electron chi connectivity index (χ1n) is 11.7. The number of hydrogen-bond acceptors (Lipinski definition) is 8. The molecule has 4 aromatic rings. The highest BCUT2D eigenvalue weighted by Crippen LogP contribution is 2.34. The van der Waals surface area contributed by atoms with Gasteiger partial charge in [-0.1, -0.05) is 6.07 Å². The van der Waals surface area contributed by atoms with Gasteiger partial charge >= 0.3 is 6.61 Å². The summed E-state index contributed by atoms with van der Waals surface area (Å²) in [6.45, 7) is 2.26. The fourth-order valence-corrected chi connectivity index (χ4v) is 3.98. The van der Waals surface area contributed by atoms with Crippen LogP contribution >= 0.6 is 0 Å². The zero-order chi connectivity index (χ0) is 26.0. The minimum atomic E-state index is -3.01. The lowest BCUT2D eigenvalue weighted by atomic mass is 9.97. The third-order valence-electron chi connectivity index (χ3n) is 5.91. The monoisotopic (exact) mass is 505 g/mol. The largest absolute Gasteiger partial charge is 0.490 e. The molecule has 4 aromatic heterocycles. The quantitative estimate of drug-likeness (QED) is 0.354. The molecule has 0 radical (unpaired) electrons. The van der Waals surface area contributed by atoms with Crippen molar-refractivity contribution >= 4 is 17.2 Å². The number of hydrogen-bond donors (Lipinski definition) is 2. The summed E-state index contributed by atoms with van der Waals surface area (Å²) in [7, 11) is 0. The average molecular weight is 506 g/mol. The van der Waals surface area contributed by atoms with E-state index in [1.54, 1.807) is 30.6 Å². The molecule has 0 amide bonds. The maximum absolute atomic E-state index is 12.8. The molecule has 0 saturated heterocycles. The summed E-state index contributed by atoms with van der Waals surface area (Å²) in [4.78, 5) is 8.62. The zero-order valence-electron chi connectivity index (χ0n) is 20.3. The predicted octanol–water partition coefficient (Wildman–Crippen LogP) is 4.71. The van der Waals surface area contributed by atoms with Crippen LogP contribution in [0.4, 0.5) is 20.4 Å². The summed E-state index contributed by atoms with van der Waals surface area (Å²) >= 11 is 0. The Kier molecular flexibility index (Phi) is 6.58. The number of nitrogens with one attached hydrogen (secondary N) is 2. The molecule has 5 rings (SSSR count). The van der Waals surface area contributed by atoms with Gasteiger partial charge < -0.3 is 20.1 Å². The van der Waals surface area contributed by atoms with Crippen molar-refractivity contribution in [3.63, 3.8) is 0 Å². The molecule has 0 aliphatic carbocycles. The Balaban J connectivity index is 1.45. The van der Waals surface area contributed by atoms with E-state index in [4.69, 9.17) is 9.72 Å². The average Bonchev–Trinajstić information content (AvgIpc) is 3.29. The number of halogens is 2. The third kappa shape index (κ3) is 5.59. The minimum Gasteiger partial charge on any atom is -0.490 e. The Morgan fingerprint density at radius 1 is 1.22 bits per heavy atom. The second-order valence-electron chi connectivity index (χ2n) is 9.35. The van der Waals surface area contributed by atoms with Crippen LogP contribution in [0.25, 0.3) is 16.6 Å². The molecule has 37 heavy (non-hydrogen) atoms. The predicted molar refractivity (Wildman–Crippen MR) is 133 cm³/mol. The summed E-state index contributed by atoms with van der Waals surface area (Å²) in [6.07, 6.45) is 4.04. The summed E-state index contributed by atoms with van der Waals surface area (Å²) in [5.74, 6) is 1.42. The van der Waals surface area contributed by atoms with E-state index in [1.165, 1.54) is 17.8 Å². The number of rotatable bonds is 8. The Bertz CT molecular complexity index is 1480. The van der Waals surface area contributed by atoms with Crippen LogP contribution in [-0.4, -0.2) is 39.3 Å². The van der Waals surface area contributed by atoms with E-state index < -0.39 is 12.0 Å². The highest BCUT2D eigenvalue weighted by Gasteiger charge is 2.20. The van der Waals surface area contributed by atoms with Crippen molar-refractivity contribution in [3.8, 4) is 28.8 Å². The van der Waals surface area contributed by atoms with E-state index in [1.807, 2.05) is 18.2 Å². The number of nitrogens with zero attached hydrogens (tertiary/aromatic N) is 5. The SMILES string of the molecule is CC(C)(C#N)COc1cnc(OC(F)F)cc1-c1ccn2nc(Nc3ccc4c(n3)CNCC4)cc2c1. The standard InChI is InChI=1S/C26H25F2N7O2/c1-26(2,14-29)15-36-21-13-31-24(37-25(27)28)11-19(21)17-6-8-35-18(9-17)10-23(34-35)33-22-4-3-16-5-7-30-12-20(16)32-22/h3-4,6,8-11,13,25,30H,5,7,12,15H2,1-2H3,(H,32,33,34). The number of pyridine rings is 3. The van der Waals surface area contributed by atoms with Gasteiger partial charge in [-0.2, -0.15) is 19.1 Å². The van der Waals surface area contributed by atoms with Gasteiger partial charge in [0.25, 0.3) is 0 Å². The number of aromatic nitrogens is 4. The van der Waals surface area contributed by atoms with Crippen molar-refractivity contribution in [1.29, 1.82) is 5.26 Å². The van der Waals surface area contributed by atoms with Crippen LogP contribution < -0.4 is 20.1 Å². The number of ether oxygens (including phenoxy) is 2. The van der Waals surface area contributed by atoms with Crippen LogP contribution in [0.15, 0.2) is 48.8 Å². The molecule has 0 spiro atoms. The van der Waals surface area contributed by atoms with E-state index >= 15 is 0 Å². The van der Waals surface area contributed by atoms with Gasteiger partial charge in [-0.25, -0.2) is 14.5 Å². The van der Waals surface area contributed by atoms with Crippen LogP contribution in [0, 0.1) is 16.7 Å². The normalized spacial score (nSPS) is 13.3. The summed E-state index contributed by atoms with van der Waals surface area (Å²) in [5.41, 5.74) is 3.47. The lowest BCUT2D eigenvalue weighted by Crippen LogP contribution is -2.24. The first kappa shape index (κ1) is 24.4. The Hall–Kier alpha value is -4.30. The molecular weight excluding hydrogens is 480 g/mol. The highest BCUT2D eigenvalue weighted by atomic mass is 19.3. The van der Waals surface area contributed by atoms with Crippen molar-refractivity contribution in [3.05, 3.63) is 60.0 Å². The number of anilines is 2. The van der Waals surface area contributed by atoms with Gasteiger partial charge in [-0.05, 0) is 56.1 Å². The maximum Gasteiger partial charge on any atom is 0.388 e. The molecule has 11 heteroatoms. The van der Waals surface area contributed by atoms with Gasteiger partial charge in [-0.3, -0.25) is 0 Å². The van der Waals surface area contributed by atoms with Gasteiger partial charge in [0.15, 0.2) is 5.82 Å². The van der Waals surface area contributed by atoms with Crippen LogP contribution in [0.3, 0.4) is 0 Å². The first-order chi connectivity index (χ1) is 17.8. The molecule has 1 aliphatic rings. The van der Waals surface area contributed by atoms with E-state index in [-0.39, 0.29) is 12.5 Å². The summed E-state index contributed by atoms with van der Waals surface area (Å²) < 4.78 is 37.7. The van der Waals surface area contributed by atoms with Crippen molar-refractivity contribution in [1.82, 2.24) is 24.9 Å². The zero-order valence-corrected chi connectivity index (χ0v) is 20.3. The molecule has 0 aromatic carbocycles. The van der Waals surface area contributed by atoms with E-state index in [0.717, 1.165) is 30.7 Å². The molecule has 0 unspecified atom stereocenters. The molecule has 190 valence electrons. The Morgan fingerprint density at radius 2 is 2.08 bits per heavy atom. The smallest absolute Gasteiger partial charge is 0.388 e. The van der Waals surface area contributed by atoms with Crippen molar-refractivity contribution in [2.45, 2.75) is 33.4 Å². The molecule has 1 aliphatic heterocycles. The van der Waals surface area contributed by atoms with Gasteiger partial charge in [-0.15, -0.1) is 0 Å². The molecule has 9 nitrogen and oxygen atoms in total. The number of nitriles is 1. The molecule has 0 fully saturated rings. The number of fused-ring (bicyclic) bond motifs is 2. The van der Waals surface area contributed by atoms with Crippen LogP contribution in [-0.2, 0) is 13.0 Å². The van der Waals surface area contributed by atoms with Gasteiger partial charge in [0.2, 0.25) is 5.88 Å². The van der Waals surface area contributed by atoms with Crippen LogP contribution in [0.2, 0.25) is 0 Å². The summed E-state index contributed by atoms with van der Waals surface area (Å²) in [6, 6.07) is 13.1. The topological polar surface area (TPSA) is 109 Å². The first-order valence-corrected chi connectivity index (χ1v) is 11.7. The Morgan fingerprint density at radius 3 is 2.89 bits per heavy atom. The maximum atomic E-state index is 12.8. The second-order valence-corrected chi connectivity index (χ2v) is 9.35. The van der Waals surface area contributed by atoms with E-state index in [0.29, 0.717) is 28.5 Å². The molecule has 5 heterocycles. The highest BCUT2D eigenvalue weighted by molar-refractivity contribution is 5.75. The van der Waals surface area contributed by atoms with Crippen LogP contribution in [0.5, 0.6) is 11.6 Å². The fourth-order valence-electron chi connectivity index (χ4n) is 3.98. The second kappa shape index (κ2) is 9.99. The van der Waals surface area contributed by atoms with Gasteiger partial charge in [0.05, 0.1) is 28.9 Å². The fraction of sp³-hybridized carbons (Fsp3) is 0.308. The molecule has 0 bridgehead atoms. The van der Waals surface area contributed by atoms with Crippen molar-refractivity contribution < 1.29 is 18.3 Å². The van der Waals surface area contributed by atoms with E-state index in [9.17, 15) is 14.0 Å². The lowest BCUT2D eigenvalue weighted by molar-refractivity contribution is -0.0528.